The fourth-order valence-electron chi connectivity index (χ4n) is 2.65. The van der Waals surface area contributed by atoms with Crippen molar-refractivity contribution < 1.29 is 9.59 Å². The van der Waals surface area contributed by atoms with Gasteiger partial charge in [-0.05, 0) is 29.5 Å². The molecule has 0 radical (unpaired) electrons. The molecular weight excluding hydrogens is 326 g/mol. The SMILES string of the molecule is CN(CCn1cccn1)C(=O)NCC(=O)N1CCc2sccc2C1. The van der Waals surface area contributed by atoms with E-state index in [1.807, 2.05) is 12.3 Å². The van der Waals surface area contributed by atoms with E-state index < -0.39 is 0 Å². The molecule has 0 saturated heterocycles. The lowest BCUT2D eigenvalue weighted by Crippen LogP contribution is -2.46. The minimum absolute atomic E-state index is 0.0322. The molecule has 0 atom stereocenters. The van der Waals surface area contributed by atoms with Crippen molar-refractivity contribution in [3.05, 3.63) is 40.3 Å². The van der Waals surface area contributed by atoms with Gasteiger partial charge in [-0.1, -0.05) is 0 Å². The summed E-state index contributed by atoms with van der Waals surface area (Å²) in [6, 6.07) is 3.67. The van der Waals surface area contributed by atoms with Crippen LogP contribution in [0.2, 0.25) is 0 Å². The van der Waals surface area contributed by atoms with Gasteiger partial charge in [-0.15, -0.1) is 11.3 Å². The number of thiophene rings is 1. The summed E-state index contributed by atoms with van der Waals surface area (Å²) in [5, 5.41) is 8.86. The van der Waals surface area contributed by atoms with Gasteiger partial charge in [-0.25, -0.2) is 4.79 Å². The molecule has 0 aliphatic carbocycles. The molecule has 0 fully saturated rings. The van der Waals surface area contributed by atoms with E-state index in [-0.39, 0.29) is 18.5 Å². The average molecular weight is 347 g/mol. The standard InChI is InChI=1S/C16H21N5O2S/c1-19(8-9-21-6-2-5-18-21)16(23)17-11-15(22)20-7-3-14-13(12-20)4-10-24-14/h2,4-6,10H,3,7-9,11-12H2,1H3,(H,17,23). The molecule has 1 N–H and O–H groups in total. The molecule has 1 aliphatic rings. The highest BCUT2D eigenvalue weighted by Gasteiger charge is 2.22. The Hall–Kier alpha value is -2.35. The number of hydrogen-bond donors (Lipinski definition) is 1. The van der Waals surface area contributed by atoms with Gasteiger partial charge in [0, 0.05) is 44.0 Å². The van der Waals surface area contributed by atoms with E-state index in [2.05, 4.69) is 21.9 Å². The van der Waals surface area contributed by atoms with Crippen molar-refractivity contribution in [1.82, 2.24) is 24.9 Å². The number of fused-ring (bicyclic) bond motifs is 1. The molecule has 0 spiro atoms. The third-order valence-electron chi connectivity index (χ3n) is 4.12. The fourth-order valence-corrected chi connectivity index (χ4v) is 3.54. The summed E-state index contributed by atoms with van der Waals surface area (Å²) < 4.78 is 1.76. The molecule has 0 unspecified atom stereocenters. The van der Waals surface area contributed by atoms with Crippen LogP contribution in [0.5, 0.6) is 0 Å². The maximum absolute atomic E-state index is 12.3. The molecule has 0 bridgehead atoms. The quantitative estimate of drug-likeness (QED) is 0.883. The summed E-state index contributed by atoms with van der Waals surface area (Å²) in [6.45, 7) is 2.55. The second kappa shape index (κ2) is 7.48. The Labute approximate surface area is 144 Å². The van der Waals surface area contributed by atoms with E-state index in [1.165, 1.54) is 10.4 Å². The Morgan fingerprint density at radius 3 is 3.12 bits per heavy atom. The lowest BCUT2D eigenvalue weighted by molar-refractivity contribution is -0.131. The van der Waals surface area contributed by atoms with Gasteiger partial charge in [-0.3, -0.25) is 9.48 Å². The molecule has 3 rings (SSSR count). The number of amides is 3. The third kappa shape index (κ3) is 3.94. The summed E-state index contributed by atoms with van der Waals surface area (Å²) in [5.74, 6) is -0.0410. The van der Waals surface area contributed by atoms with Crippen molar-refractivity contribution in [2.45, 2.75) is 19.5 Å². The summed E-state index contributed by atoms with van der Waals surface area (Å²) in [5.41, 5.74) is 1.22. The van der Waals surface area contributed by atoms with Crippen LogP contribution in [0.1, 0.15) is 10.4 Å². The topological polar surface area (TPSA) is 70.5 Å². The predicted octanol–water partition coefficient (Wildman–Crippen LogP) is 1.17. The lowest BCUT2D eigenvalue weighted by Gasteiger charge is -2.27. The molecule has 0 saturated carbocycles. The van der Waals surface area contributed by atoms with Gasteiger partial charge in [0.25, 0.3) is 0 Å². The number of urea groups is 1. The maximum Gasteiger partial charge on any atom is 0.317 e. The number of likely N-dealkylation sites (N-methyl/N-ethyl adjacent to an activating group) is 1. The zero-order valence-corrected chi connectivity index (χ0v) is 14.5. The van der Waals surface area contributed by atoms with Gasteiger partial charge in [0.05, 0.1) is 13.1 Å². The number of nitrogens with zero attached hydrogens (tertiary/aromatic N) is 4. The highest BCUT2D eigenvalue weighted by molar-refractivity contribution is 7.10. The van der Waals surface area contributed by atoms with Crippen molar-refractivity contribution >= 4 is 23.3 Å². The van der Waals surface area contributed by atoms with Crippen LogP contribution in [0.4, 0.5) is 4.79 Å². The Balaban J connectivity index is 1.41. The number of carbonyl (C=O) groups is 2. The Kier molecular flexibility index (Phi) is 5.14. The zero-order chi connectivity index (χ0) is 16.9. The van der Waals surface area contributed by atoms with Gasteiger partial charge < -0.3 is 15.1 Å². The van der Waals surface area contributed by atoms with E-state index in [0.717, 1.165) is 13.0 Å². The molecule has 3 amide bonds. The minimum Gasteiger partial charge on any atom is -0.336 e. The van der Waals surface area contributed by atoms with Gasteiger partial charge >= 0.3 is 6.03 Å². The highest BCUT2D eigenvalue weighted by Crippen LogP contribution is 2.23. The minimum atomic E-state index is -0.247. The molecular formula is C16H21N5O2S. The normalized spacial score (nSPS) is 13.5. The summed E-state index contributed by atoms with van der Waals surface area (Å²) in [4.78, 5) is 29.1. The third-order valence-corrected chi connectivity index (χ3v) is 5.14. The van der Waals surface area contributed by atoms with E-state index in [4.69, 9.17) is 0 Å². The van der Waals surface area contributed by atoms with Gasteiger partial charge in [-0.2, -0.15) is 5.10 Å². The van der Waals surface area contributed by atoms with Crippen LogP contribution in [0.3, 0.4) is 0 Å². The Morgan fingerprint density at radius 1 is 1.46 bits per heavy atom. The van der Waals surface area contributed by atoms with Crippen LogP contribution in [0.25, 0.3) is 0 Å². The Bertz CT molecular complexity index is 697. The van der Waals surface area contributed by atoms with Crippen molar-refractivity contribution in [3.63, 3.8) is 0 Å². The first-order chi connectivity index (χ1) is 11.6. The number of hydrogen-bond acceptors (Lipinski definition) is 4. The van der Waals surface area contributed by atoms with Crippen molar-refractivity contribution in [3.8, 4) is 0 Å². The van der Waals surface area contributed by atoms with Crippen LogP contribution < -0.4 is 5.32 Å². The summed E-state index contributed by atoms with van der Waals surface area (Å²) in [7, 11) is 1.71. The number of nitrogens with one attached hydrogen (secondary N) is 1. The molecule has 24 heavy (non-hydrogen) atoms. The first-order valence-corrected chi connectivity index (χ1v) is 8.81. The van der Waals surface area contributed by atoms with Crippen molar-refractivity contribution in [1.29, 1.82) is 0 Å². The maximum atomic E-state index is 12.3. The van der Waals surface area contributed by atoms with E-state index >= 15 is 0 Å². The molecule has 1 aliphatic heterocycles. The van der Waals surface area contributed by atoms with E-state index in [1.54, 1.807) is 39.1 Å². The van der Waals surface area contributed by atoms with Gasteiger partial charge in [0.15, 0.2) is 0 Å². The van der Waals surface area contributed by atoms with Crippen molar-refractivity contribution in [2.24, 2.45) is 0 Å². The predicted molar refractivity (Wildman–Crippen MR) is 91.7 cm³/mol. The first kappa shape index (κ1) is 16.5. The lowest BCUT2D eigenvalue weighted by atomic mass is 10.1. The zero-order valence-electron chi connectivity index (χ0n) is 13.6. The number of carbonyl (C=O) groups excluding carboxylic acids is 2. The largest absolute Gasteiger partial charge is 0.336 e. The van der Waals surface area contributed by atoms with Crippen molar-refractivity contribution in [2.75, 3.05) is 26.7 Å². The smallest absolute Gasteiger partial charge is 0.317 e. The van der Waals surface area contributed by atoms with Crippen LogP contribution in [0, 0.1) is 0 Å². The van der Waals surface area contributed by atoms with Gasteiger partial charge in [0.1, 0.15) is 0 Å². The molecule has 2 aromatic heterocycles. The average Bonchev–Trinajstić information content (AvgIpc) is 3.27. The molecule has 2 aromatic rings. The molecule has 7 nitrogen and oxygen atoms in total. The van der Waals surface area contributed by atoms with E-state index in [9.17, 15) is 9.59 Å². The van der Waals surface area contributed by atoms with Crippen LogP contribution in [-0.4, -0.2) is 58.2 Å². The molecule has 3 heterocycles. The van der Waals surface area contributed by atoms with Crippen LogP contribution >= 0.6 is 11.3 Å². The number of aromatic nitrogens is 2. The number of rotatable bonds is 5. The van der Waals surface area contributed by atoms with Gasteiger partial charge in [0.2, 0.25) is 5.91 Å². The fraction of sp³-hybridized carbons (Fsp3) is 0.438. The molecule has 8 heteroatoms. The summed E-state index contributed by atoms with van der Waals surface area (Å²) in [6.07, 6.45) is 4.46. The van der Waals surface area contributed by atoms with Crippen LogP contribution in [0.15, 0.2) is 29.9 Å². The first-order valence-electron chi connectivity index (χ1n) is 7.93. The van der Waals surface area contributed by atoms with E-state index in [0.29, 0.717) is 19.6 Å². The Morgan fingerprint density at radius 2 is 2.33 bits per heavy atom. The monoisotopic (exact) mass is 347 g/mol. The summed E-state index contributed by atoms with van der Waals surface area (Å²) >= 11 is 1.74. The second-order valence-corrected chi connectivity index (χ2v) is 6.78. The molecule has 128 valence electrons. The second-order valence-electron chi connectivity index (χ2n) is 5.78. The highest BCUT2D eigenvalue weighted by atomic mass is 32.1. The molecule has 0 aromatic carbocycles. The van der Waals surface area contributed by atoms with Crippen LogP contribution in [-0.2, 0) is 24.3 Å².